The number of unbranched alkanes of at least 4 members (excludes halogenated alkanes) is 2. The van der Waals surface area contributed by atoms with E-state index in [-0.39, 0.29) is 18.3 Å². The summed E-state index contributed by atoms with van der Waals surface area (Å²) in [5, 5.41) is 19.7. The Kier molecular flexibility index (Phi) is 6.65. The molecule has 1 aliphatic carbocycles. The molecule has 1 aliphatic rings. The van der Waals surface area contributed by atoms with Gasteiger partial charge in [-0.15, -0.1) is 0 Å². The predicted molar refractivity (Wildman–Crippen MR) is 69.0 cm³/mol. The second-order valence-corrected chi connectivity index (χ2v) is 5.23. The summed E-state index contributed by atoms with van der Waals surface area (Å²) in [5.41, 5.74) is 0. The molecule has 18 heavy (non-hydrogen) atoms. The van der Waals surface area contributed by atoms with Crippen LogP contribution in [0.4, 0.5) is 0 Å². The second-order valence-electron chi connectivity index (χ2n) is 5.23. The van der Waals surface area contributed by atoms with Crippen LogP contribution in [0.15, 0.2) is 0 Å². The van der Waals surface area contributed by atoms with Gasteiger partial charge in [-0.25, -0.2) is 0 Å². The molecule has 0 radical (unpaired) electrons. The Morgan fingerprint density at radius 2 is 1.94 bits per heavy atom. The second kappa shape index (κ2) is 7.74. The van der Waals surface area contributed by atoms with Crippen molar-refractivity contribution in [2.75, 3.05) is 6.61 Å². The van der Waals surface area contributed by atoms with E-state index in [9.17, 15) is 15.0 Å². The van der Waals surface area contributed by atoms with Crippen molar-refractivity contribution in [2.45, 2.75) is 64.6 Å². The molecule has 106 valence electrons. The van der Waals surface area contributed by atoms with Gasteiger partial charge in [0.15, 0.2) is 0 Å². The van der Waals surface area contributed by atoms with Crippen LogP contribution in [0.2, 0.25) is 0 Å². The summed E-state index contributed by atoms with van der Waals surface area (Å²) in [4.78, 5) is 11.9. The van der Waals surface area contributed by atoms with Crippen LogP contribution in [0.1, 0.15) is 52.4 Å². The average molecular weight is 258 g/mol. The fourth-order valence-electron chi connectivity index (χ4n) is 2.87. The Morgan fingerprint density at radius 1 is 1.22 bits per heavy atom. The predicted octanol–water partition coefficient (Wildman–Crippen LogP) is 1.88. The molecule has 4 heteroatoms. The van der Waals surface area contributed by atoms with Gasteiger partial charge >= 0.3 is 5.97 Å². The normalized spacial score (nSPS) is 32.2. The highest BCUT2D eigenvalue weighted by Gasteiger charge is 2.41. The first-order valence-electron chi connectivity index (χ1n) is 7.12. The molecule has 0 saturated heterocycles. The van der Waals surface area contributed by atoms with Crippen LogP contribution < -0.4 is 0 Å². The summed E-state index contributed by atoms with van der Waals surface area (Å²) >= 11 is 0. The zero-order valence-corrected chi connectivity index (χ0v) is 11.5. The van der Waals surface area contributed by atoms with Crippen molar-refractivity contribution in [2.24, 2.45) is 11.8 Å². The van der Waals surface area contributed by atoms with Gasteiger partial charge in [-0.3, -0.25) is 4.79 Å². The van der Waals surface area contributed by atoms with Crippen LogP contribution in [0.3, 0.4) is 0 Å². The summed E-state index contributed by atoms with van der Waals surface area (Å²) < 4.78 is 5.04. The van der Waals surface area contributed by atoms with Gasteiger partial charge in [0, 0.05) is 6.42 Å². The highest BCUT2D eigenvalue weighted by molar-refractivity contribution is 5.73. The summed E-state index contributed by atoms with van der Waals surface area (Å²) in [6.45, 7) is 4.24. The lowest BCUT2D eigenvalue weighted by Crippen LogP contribution is -2.43. The van der Waals surface area contributed by atoms with Gasteiger partial charge in [0.1, 0.15) is 0 Å². The van der Waals surface area contributed by atoms with E-state index in [2.05, 4.69) is 6.92 Å². The zero-order valence-electron chi connectivity index (χ0n) is 11.5. The number of esters is 1. The average Bonchev–Trinajstić information content (AvgIpc) is 2.28. The lowest BCUT2D eigenvalue weighted by Gasteiger charge is -2.36. The number of aliphatic hydroxyl groups excluding tert-OH is 2. The Morgan fingerprint density at radius 3 is 2.56 bits per heavy atom. The lowest BCUT2D eigenvalue weighted by molar-refractivity contribution is -0.160. The largest absolute Gasteiger partial charge is 0.466 e. The molecule has 1 saturated carbocycles. The van der Waals surface area contributed by atoms with Gasteiger partial charge in [0.2, 0.25) is 0 Å². The third-order valence-electron chi connectivity index (χ3n) is 3.75. The molecule has 1 fully saturated rings. The third kappa shape index (κ3) is 4.25. The first-order chi connectivity index (χ1) is 8.60. The van der Waals surface area contributed by atoms with Gasteiger partial charge in [-0.2, -0.15) is 0 Å². The molecule has 0 aliphatic heterocycles. The van der Waals surface area contributed by atoms with E-state index >= 15 is 0 Å². The van der Waals surface area contributed by atoms with Crippen LogP contribution in [0.5, 0.6) is 0 Å². The number of hydrogen-bond donors (Lipinski definition) is 2. The summed E-state index contributed by atoms with van der Waals surface area (Å²) in [7, 11) is 0. The van der Waals surface area contributed by atoms with Gasteiger partial charge < -0.3 is 14.9 Å². The quantitative estimate of drug-likeness (QED) is 0.564. The fraction of sp³-hybridized carbons (Fsp3) is 0.929. The monoisotopic (exact) mass is 258 g/mol. The lowest BCUT2D eigenvalue weighted by atomic mass is 9.73. The molecule has 0 aromatic heterocycles. The SMILES string of the molecule is CCCCCC1CC(O)CC(O)C1C(=O)OCC. The zero-order chi connectivity index (χ0) is 13.5. The van der Waals surface area contributed by atoms with E-state index in [1.807, 2.05) is 0 Å². The maximum absolute atomic E-state index is 11.9. The van der Waals surface area contributed by atoms with Crippen LogP contribution >= 0.6 is 0 Å². The number of aliphatic hydroxyl groups is 2. The van der Waals surface area contributed by atoms with Crippen molar-refractivity contribution in [1.82, 2.24) is 0 Å². The minimum absolute atomic E-state index is 0.0503. The third-order valence-corrected chi connectivity index (χ3v) is 3.75. The number of rotatable bonds is 6. The smallest absolute Gasteiger partial charge is 0.311 e. The standard InChI is InChI=1S/C14H26O4/c1-3-5-6-7-10-8-11(15)9-12(16)13(10)14(17)18-4-2/h10-13,15-16H,3-9H2,1-2H3. The van der Waals surface area contributed by atoms with Crippen molar-refractivity contribution in [3.8, 4) is 0 Å². The molecule has 4 unspecified atom stereocenters. The maximum atomic E-state index is 11.9. The number of carbonyl (C=O) groups excluding carboxylic acids is 1. The van der Waals surface area contributed by atoms with Gasteiger partial charge in [0.25, 0.3) is 0 Å². The molecule has 0 aromatic carbocycles. The molecular formula is C14H26O4. The van der Waals surface area contributed by atoms with Crippen molar-refractivity contribution in [1.29, 1.82) is 0 Å². The molecule has 0 spiro atoms. The van der Waals surface area contributed by atoms with Crippen molar-refractivity contribution in [3.05, 3.63) is 0 Å². The van der Waals surface area contributed by atoms with Gasteiger partial charge in [-0.05, 0) is 25.7 Å². The van der Waals surface area contributed by atoms with Crippen LogP contribution in [-0.4, -0.2) is 35.0 Å². The highest BCUT2D eigenvalue weighted by Crippen LogP contribution is 2.35. The minimum Gasteiger partial charge on any atom is -0.466 e. The molecule has 4 atom stereocenters. The molecule has 0 aromatic rings. The molecular weight excluding hydrogens is 232 g/mol. The number of hydrogen-bond acceptors (Lipinski definition) is 4. The van der Waals surface area contributed by atoms with E-state index in [1.165, 1.54) is 0 Å². The first kappa shape index (κ1) is 15.4. The maximum Gasteiger partial charge on any atom is 0.311 e. The Balaban J connectivity index is 2.62. The molecule has 0 bridgehead atoms. The topological polar surface area (TPSA) is 66.8 Å². The molecule has 2 N–H and O–H groups in total. The first-order valence-corrected chi connectivity index (χ1v) is 7.12. The van der Waals surface area contributed by atoms with E-state index in [0.29, 0.717) is 13.0 Å². The number of carbonyl (C=O) groups is 1. The van der Waals surface area contributed by atoms with Crippen molar-refractivity contribution < 1.29 is 19.7 Å². The van der Waals surface area contributed by atoms with Gasteiger partial charge in [-0.1, -0.05) is 26.2 Å². The molecule has 1 rings (SSSR count). The molecule has 0 heterocycles. The van der Waals surface area contributed by atoms with E-state index < -0.39 is 18.1 Å². The Labute approximate surface area is 109 Å². The van der Waals surface area contributed by atoms with E-state index in [4.69, 9.17) is 4.74 Å². The van der Waals surface area contributed by atoms with Crippen LogP contribution in [-0.2, 0) is 9.53 Å². The van der Waals surface area contributed by atoms with Crippen molar-refractivity contribution in [3.63, 3.8) is 0 Å². The summed E-state index contributed by atoms with van der Waals surface area (Å²) in [6, 6.07) is 0. The minimum atomic E-state index is -0.764. The number of ether oxygens (including phenoxy) is 1. The Hall–Kier alpha value is -0.610. The van der Waals surface area contributed by atoms with E-state index in [0.717, 1.165) is 25.7 Å². The molecule has 0 amide bonds. The fourth-order valence-corrected chi connectivity index (χ4v) is 2.87. The summed E-state index contributed by atoms with van der Waals surface area (Å²) in [6.07, 6.45) is 3.80. The van der Waals surface area contributed by atoms with Gasteiger partial charge in [0.05, 0.1) is 24.7 Å². The summed E-state index contributed by atoms with van der Waals surface area (Å²) in [5.74, 6) is -0.710. The molecule has 4 nitrogen and oxygen atoms in total. The van der Waals surface area contributed by atoms with E-state index in [1.54, 1.807) is 6.92 Å². The van der Waals surface area contributed by atoms with Crippen LogP contribution in [0.25, 0.3) is 0 Å². The Bertz CT molecular complexity index is 254. The highest BCUT2D eigenvalue weighted by atomic mass is 16.5. The van der Waals surface area contributed by atoms with Crippen LogP contribution in [0, 0.1) is 11.8 Å². The van der Waals surface area contributed by atoms with Crippen molar-refractivity contribution >= 4 is 5.97 Å².